The topological polar surface area (TPSA) is 192 Å². The molecule has 0 radical (unpaired) electrons. The number of aromatic nitrogens is 1. The number of alkyl carbamates (subject to hydrolysis) is 1. The normalized spacial score (nSPS) is 13.3. The summed E-state index contributed by atoms with van der Waals surface area (Å²) in [4.78, 5) is 53.5. The lowest BCUT2D eigenvalue weighted by atomic mass is 9.88. The molecule has 14 nitrogen and oxygen atoms in total. The molecule has 0 fully saturated rings. The van der Waals surface area contributed by atoms with Crippen LogP contribution in [0.1, 0.15) is 63.5 Å². The fourth-order valence-corrected chi connectivity index (χ4v) is 4.75. The largest absolute Gasteiger partial charge is 0.490 e. The van der Waals surface area contributed by atoms with Gasteiger partial charge in [0.15, 0.2) is 5.78 Å². The fourth-order valence-electron chi connectivity index (χ4n) is 4.75. The number of aliphatic hydroxyl groups is 1. The summed E-state index contributed by atoms with van der Waals surface area (Å²) in [5.74, 6) is -2.06. The van der Waals surface area contributed by atoms with E-state index in [0.717, 1.165) is 5.56 Å². The standard InChI is InChI=1S/C36H53N3O11/c1-25(2)21-27(23-31(40)32(41)30(22-26-9-7-6-8-10-26)39-35(45)50-36(3,4)5)33(42)37-13-14-46-15-16-47-17-18-48-19-20-49-28-11-12-29(34(43)44)38-24-28/h6-12,24-25,27,30,32,41H,13-23H2,1-5H3,(H,37,42)(H,39,45)(H,43,44)/t27-,30-,32+/m1/s1. The Balaban J connectivity index is 1.69. The number of hydrogen-bond donors (Lipinski definition) is 4. The number of ether oxygens (including phenoxy) is 5. The fraction of sp³-hybridized carbons (Fsp3) is 0.583. The molecule has 1 aromatic heterocycles. The number of aliphatic hydroxyl groups excluding tert-OH is 1. The van der Waals surface area contributed by atoms with Crippen molar-refractivity contribution in [2.45, 2.75) is 71.6 Å². The molecule has 0 aliphatic rings. The first kappa shape index (κ1) is 42.1. The number of pyridine rings is 1. The van der Waals surface area contributed by atoms with Crippen molar-refractivity contribution in [1.29, 1.82) is 0 Å². The molecule has 0 aliphatic heterocycles. The van der Waals surface area contributed by atoms with E-state index in [1.807, 2.05) is 44.2 Å². The number of carboxylic acid groups (broad SMARTS) is 1. The third-order valence-corrected chi connectivity index (χ3v) is 7.03. The van der Waals surface area contributed by atoms with Gasteiger partial charge >= 0.3 is 12.1 Å². The summed E-state index contributed by atoms with van der Waals surface area (Å²) >= 11 is 0. The molecule has 4 N–H and O–H groups in total. The molecule has 0 aliphatic carbocycles. The van der Waals surface area contributed by atoms with Crippen LogP contribution in [0.3, 0.4) is 0 Å². The lowest BCUT2D eigenvalue weighted by Crippen LogP contribution is -2.50. The zero-order valence-electron chi connectivity index (χ0n) is 29.7. The Morgan fingerprint density at radius 3 is 2.04 bits per heavy atom. The van der Waals surface area contributed by atoms with Gasteiger partial charge in [0.25, 0.3) is 0 Å². The first-order chi connectivity index (χ1) is 23.7. The molecule has 1 aromatic carbocycles. The second kappa shape index (κ2) is 22.6. The Hall–Kier alpha value is -4.11. The predicted molar refractivity (Wildman–Crippen MR) is 184 cm³/mol. The van der Waals surface area contributed by atoms with Crippen LogP contribution in [0.25, 0.3) is 0 Å². The Labute approximate surface area is 294 Å². The molecule has 0 unspecified atom stereocenters. The van der Waals surface area contributed by atoms with Crippen molar-refractivity contribution in [2.75, 3.05) is 52.8 Å². The molecule has 278 valence electrons. The molecule has 50 heavy (non-hydrogen) atoms. The first-order valence-corrected chi connectivity index (χ1v) is 16.8. The average molecular weight is 704 g/mol. The van der Waals surface area contributed by atoms with Gasteiger partial charge in [0.05, 0.1) is 51.9 Å². The van der Waals surface area contributed by atoms with Crippen LogP contribution in [0.4, 0.5) is 4.79 Å². The minimum absolute atomic E-state index is 0.0585. The van der Waals surface area contributed by atoms with Crippen LogP contribution in [0, 0.1) is 11.8 Å². The van der Waals surface area contributed by atoms with Gasteiger partial charge in [-0.3, -0.25) is 9.59 Å². The smallest absolute Gasteiger partial charge is 0.407 e. The van der Waals surface area contributed by atoms with Crippen LogP contribution in [-0.4, -0.2) is 109 Å². The van der Waals surface area contributed by atoms with E-state index in [-0.39, 0.29) is 50.1 Å². The van der Waals surface area contributed by atoms with Crippen molar-refractivity contribution in [3.63, 3.8) is 0 Å². The van der Waals surface area contributed by atoms with Gasteiger partial charge < -0.3 is 44.5 Å². The highest BCUT2D eigenvalue weighted by atomic mass is 16.6. The van der Waals surface area contributed by atoms with Crippen LogP contribution in [0.15, 0.2) is 48.7 Å². The number of carboxylic acids is 1. The Bertz CT molecular complexity index is 1300. The lowest BCUT2D eigenvalue weighted by molar-refractivity contribution is -0.134. The summed E-state index contributed by atoms with van der Waals surface area (Å²) in [5, 5.41) is 25.4. The molecule has 2 amide bonds. The molecule has 0 saturated heterocycles. The number of amides is 2. The Morgan fingerprint density at radius 1 is 0.860 bits per heavy atom. The van der Waals surface area contributed by atoms with E-state index in [0.29, 0.717) is 45.2 Å². The van der Waals surface area contributed by atoms with E-state index in [1.165, 1.54) is 18.3 Å². The van der Waals surface area contributed by atoms with E-state index in [1.54, 1.807) is 20.8 Å². The van der Waals surface area contributed by atoms with Gasteiger partial charge in [0.2, 0.25) is 5.91 Å². The molecule has 3 atom stereocenters. The summed E-state index contributed by atoms with van der Waals surface area (Å²) in [5.41, 5.74) is -0.00204. The number of ketones is 1. The highest BCUT2D eigenvalue weighted by molar-refractivity contribution is 5.90. The van der Waals surface area contributed by atoms with Crippen molar-refractivity contribution in [3.05, 3.63) is 59.9 Å². The van der Waals surface area contributed by atoms with Crippen molar-refractivity contribution >= 4 is 23.8 Å². The van der Waals surface area contributed by atoms with Crippen molar-refractivity contribution < 1.29 is 53.1 Å². The third kappa shape index (κ3) is 18.0. The molecule has 0 saturated carbocycles. The zero-order chi connectivity index (χ0) is 36.9. The molecule has 1 heterocycles. The molecular formula is C36H53N3O11. The summed E-state index contributed by atoms with van der Waals surface area (Å²) in [6.45, 7) is 11.5. The number of carbonyl (C=O) groups excluding carboxylic acids is 3. The maximum absolute atomic E-state index is 13.3. The van der Waals surface area contributed by atoms with Crippen LogP contribution < -0.4 is 15.4 Å². The highest BCUT2D eigenvalue weighted by Crippen LogP contribution is 2.19. The Kier molecular flexibility index (Phi) is 19.0. The van der Waals surface area contributed by atoms with Crippen LogP contribution in [0.2, 0.25) is 0 Å². The number of aromatic carboxylic acids is 1. The summed E-state index contributed by atoms with van der Waals surface area (Å²) in [6.07, 6.45) is -0.504. The average Bonchev–Trinajstić information content (AvgIpc) is 3.05. The monoisotopic (exact) mass is 703 g/mol. The van der Waals surface area contributed by atoms with E-state index < -0.39 is 41.5 Å². The molecular weight excluding hydrogens is 650 g/mol. The second-order valence-corrected chi connectivity index (χ2v) is 13.0. The van der Waals surface area contributed by atoms with Crippen molar-refractivity contribution in [3.8, 4) is 5.75 Å². The SMILES string of the molecule is CC(C)C[C@H](CC(=O)[C@@H](O)[C@@H](Cc1ccccc1)NC(=O)OC(C)(C)C)C(=O)NCCOCCOCCOCCOc1ccc(C(=O)O)nc1. The van der Waals surface area contributed by atoms with Crippen LogP contribution in [0.5, 0.6) is 5.75 Å². The zero-order valence-corrected chi connectivity index (χ0v) is 29.7. The van der Waals surface area contributed by atoms with Crippen molar-refractivity contribution in [1.82, 2.24) is 15.6 Å². The molecule has 0 spiro atoms. The summed E-state index contributed by atoms with van der Waals surface area (Å²) < 4.78 is 27.3. The molecule has 2 aromatic rings. The number of carbonyl (C=O) groups is 4. The van der Waals surface area contributed by atoms with Gasteiger partial charge in [-0.25, -0.2) is 14.6 Å². The third-order valence-electron chi connectivity index (χ3n) is 7.03. The van der Waals surface area contributed by atoms with Crippen LogP contribution >= 0.6 is 0 Å². The summed E-state index contributed by atoms with van der Waals surface area (Å²) in [7, 11) is 0. The maximum atomic E-state index is 13.3. The van der Waals surface area contributed by atoms with Gasteiger partial charge in [0.1, 0.15) is 29.8 Å². The number of rotatable bonds is 24. The number of nitrogens with zero attached hydrogens (tertiary/aromatic N) is 1. The lowest BCUT2D eigenvalue weighted by Gasteiger charge is -2.27. The number of Topliss-reactive ketones (excluding diaryl/α,β-unsaturated/α-hetero) is 1. The minimum Gasteiger partial charge on any atom is -0.490 e. The summed E-state index contributed by atoms with van der Waals surface area (Å²) in [6, 6.07) is 11.1. The van der Waals surface area contributed by atoms with Crippen LogP contribution in [-0.2, 0) is 35.0 Å². The molecule has 14 heteroatoms. The second-order valence-electron chi connectivity index (χ2n) is 13.0. The maximum Gasteiger partial charge on any atom is 0.407 e. The van der Waals surface area contributed by atoms with Gasteiger partial charge in [0, 0.05) is 18.9 Å². The van der Waals surface area contributed by atoms with Gasteiger partial charge in [-0.05, 0) is 57.2 Å². The highest BCUT2D eigenvalue weighted by Gasteiger charge is 2.32. The van der Waals surface area contributed by atoms with E-state index >= 15 is 0 Å². The number of hydrogen-bond acceptors (Lipinski definition) is 11. The van der Waals surface area contributed by atoms with Crippen molar-refractivity contribution in [2.24, 2.45) is 11.8 Å². The van der Waals surface area contributed by atoms with E-state index in [2.05, 4.69) is 15.6 Å². The van der Waals surface area contributed by atoms with E-state index in [4.69, 9.17) is 28.8 Å². The predicted octanol–water partition coefficient (Wildman–Crippen LogP) is 3.44. The minimum atomic E-state index is -1.55. The first-order valence-electron chi connectivity index (χ1n) is 16.8. The van der Waals surface area contributed by atoms with Gasteiger partial charge in [-0.2, -0.15) is 0 Å². The number of benzene rings is 1. The Morgan fingerprint density at radius 2 is 1.48 bits per heavy atom. The molecule has 0 bridgehead atoms. The van der Waals surface area contributed by atoms with E-state index in [9.17, 15) is 24.3 Å². The number of nitrogens with one attached hydrogen (secondary N) is 2. The van der Waals surface area contributed by atoms with Gasteiger partial charge in [-0.1, -0.05) is 44.2 Å². The quantitative estimate of drug-likeness (QED) is 0.117. The van der Waals surface area contributed by atoms with Gasteiger partial charge in [-0.15, -0.1) is 0 Å². The molecule has 2 rings (SSSR count).